The van der Waals surface area contributed by atoms with Crippen molar-refractivity contribution in [1.29, 1.82) is 0 Å². The van der Waals surface area contributed by atoms with Crippen molar-refractivity contribution in [1.82, 2.24) is 0 Å². The molecule has 0 bridgehead atoms. The number of rotatable bonds is 3. The molecule has 0 amide bonds. The van der Waals surface area contributed by atoms with Crippen LogP contribution in [0.5, 0.6) is 0 Å². The third kappa shape index (κ3) is 3.15. The van der Waals surface area contributed by atoms with Gasteiger partial charge in [0.05, 0.1) is 15.6 Å². The van der Waals surface area contributed by atoms with E-state index < -0.39 is 26.1 Å². The molecule has 4 nitrogen and oxygen atoms in total. The van der Waals surface area contributed by atoms with Gasteiger partial charge in [0.1, 0.15) is 10.3 Å². The van der Waals surface area contributed by atoms with Crippen LogP contribution in [0.1, 0.15) is 20.8 Å². The van der Waals surface area contributed by atoms with Gasteiger partial charge in [-0.1, -0.05) is 43.6 Å². The van der Waals surface area contributed by atoms with Crippen molar-refractivity contribution in [2.24, 2.45) is 10.3 Å². The zero-order valence-electron chi connectivity index (χ0n) is 13.3. The van der Waals surface area contributed by atoms with Crippen LogP contribution in [-0.2, 0) is 14.8 Å². The van der Waals surface area contributed by atoms with Crippen LogP contribution in [0.15, 0.2) is 50.2 Å². The van der Waals surface area contributed by atoms with Crippen LogP contribution in [0.25, 0.3) is 0 Å². The Bertz CT molecular complexity index is 831. The Morgan fingerprint density at radius 2 is 1.75 bits per heavy atom. The Hall–Kier alpha value is -0.880. The van der Waals surface area contributed by atoms with Gasteiger partial charge < -0.3 is 0 Å². The van der Waals surface area contributed by atoms with E-state index in [1.807, 2.05) is 0 Å². The van der Waals surface area contributed by atoms with Crippen LogP contribution in [0.4, 0.5) is 0 Å². The van der Waals surface area contributed by atoms with Crippen molar-refractivity contribution in [2.45, 2.75) is 35.9 Å². The summed E-state index contributed by atoms with van der Waals surface area (Å²) in [6, 6.07) is 7.72. The molecule has 0 heterocycles. The summed E-state index contributed by atoms with van der Waals surface area (Å²) < 4.78 is 28.9. The number of alkyl halides is 2. The van der Waals surface area contributed by atoms with Gasteiger partial charge in [0, 0.05) is 0 Å². The van der Waals surface area contributed by atoms with E-state index in [9.17, 15) is 13.2 Å². The van der Waals surface area contributed by atoms with E-state index in [-0.39, 0.29) is 27.1 Å². The van der Waals surface area contributed by atoms with Gasteiger partial charge in [-0.2, -0.15) is 12.8 Å². The zero-order chi connectivity index (χ0) is 18.3. The maximum absolute atomic E-state index is 12.5. The summed E-state index contributed by atoms with van der Waals surface area (Å²) in [5, 5.41) is -1.26. The fourth-order valence-corrected chi connectivity index (χ4v) is 4.63. The highest BCUT2D eigenvalue weighted by Gasteiger charge is 2.53. The fraction of sp³-hybridized carbons (Fsp3) is 0.375. The number of Topliss-reactive ketones (excluding diaryl/α,β-unsaturated/α-hetero) is 1. The first-order valence-electron chi connectivity index (χ1n) is 7.18. The Morgan fingerprint density at radius 3 is 2.25 bits per heavy atom. The van der Waals surface area contributed by atoms with E-state index in [1.165, 1.54) is 19.1 Å². The molecule has 8 heteroatoms. The minimum Gasteiger partial charge on any atom is -0.291 e. The van der Waals surface area contributed by atoms with Crippen LogP contribution in [0.2, 0.25) is 0 Å². The summed E-state index contributed by atoms with van der Waals surface area (Å²) in [5.41, 5.74) is 0.215. The number of halogens is 3. The summed E-state index contributed by atoms with van der Waals surface area (Å²) in [7, 11) is -4.00. The molecule has 0 aliphatic heterocycles. The number of hydrogen-bond acceptors (Lipinski definition) is 3. The van der Waals surface area contributed by atoms with Gasteiger partial charge in [0.2, 0.25) is 0 Å². The van der Waals surface area contributed by atoms with Gasteiger partial charge in [-0.3, -0.25) is 4.79 Å². The Morgan fingerprint density at radius 1 is 1.21 bits per heavy atom. The first kappa shape index (κ1) is 19.4. The van der Waals surface area contributed by atoms with E-state index >= 15 is 0 Å². The molecule has 1 aliphatic carbocycles. The number of sulfonamides is 1. The Labute approximate surface area is 156 Å². The minimum atomic E-state index is -4.00. The minimum absolute atomic E-state index is 0.00572. The topological polar surface area (TPSA) is 63.6 Å². The molecule has 0 saturated heterocycles. The van der Waals surface area contributed by atoms with E-state index in [2.05, 4.69) is 4.40 Å². The normalized spacial score (nSPS) is 27.2. The number of ketones is 1. The first-order chi connectivity index (χ1) is 11.0. The van der Waals surface area contributed by atoms with Gasteiger partial charge in [-0.15, -0.1) is 23.2 Å². The number of benzene rings is 1. The number of carbonyl (C=O) groups is 1. The zero-order valence-corrected chi connectivity index (χ0v) is 16.3. The molecule has 24 heavy (non-hydrogen) atoms. The summed E-state index contributed by atoms with van der Waals surface area (Å²) in [4.78, 5) is 10.9. The second kappa shape index (κ2) is 6.79. The van der Waals surface area contributed by atoms with Crippen molar-refractivity contribution in [3.8, 4) is 0 Å². The highest BCUT2D eigenvalue weighted by molar-refractivity contribution is 7.90. The van der Waals surface area contributed by atoms with Crippen LogP contribution >= 0.6 is 34.8 Å². The Balaban J connectivity index is 2.67. The number of nitrogens with zero attached hydrogens (tertiary/aromatic N) is 1. The van der Waals surface area contributed by atoms with Crippen LogP contribution in [0, 0.1) is 5.92 Å². The lowest BCUT2D eigenvalue weighted by Crippen LogP contribution is -2.53. The number of carbonyl (C=O) groups excluding carboxylic acids is 1. The van der Waals surface area contributed by atoms with Crippen molar-refractivity contribution in [3.63, 3.8) is 0 Å². The van der Waals surface area contributed by atoms with Gasteiger partial charge in [0.15, 0.2) is 5.78 Å². The molecule has 1 aliphatic rings. The highest BCUT2D eigenvalue weighted by Crippen LogP contribution is 2.43. The van der Waals surface area contributed by atoms with Crippen molar-refractivity contribution < 1.29 is 13.2 Å². The van der Waals surface area contributed by atoms with Crippen LogP contribution in [-0.4, -0.2) is 30.2 Å². The average molecular weight is 409 g/mol. The molecular formula is C16H16Cl3NO3S. The summed E-state index contributed by atoms with van der Waals surface area (Å²) in [5.74, 6) is -0.893. The van der Waals surface area contributed by atoms with E-state index in [0.717, 1.165) is 0 Å². The molecule has 130 valence electrons. The van der Waals surface area contributed by atoms with Crippen molar-refractivity contribution >= 4 is 56.3 Å². The molecule has 0 N–H and O–H groups in total. The second-order valence-electron chi connectivity index (χ2n) is 5.82. The summed E-state index contributed by atoms with van der Waals surface area (Å²) in [6.07, 6.45) is 0. The van der Waals surface area contributed by atoms with Crippen LogP contribution in [0.3, 0.4) is 0 Å². The largest absolute Gasteiger partial charge is 0.291 e. The molecule has 0 unspecified atom stereocenters. The first-order valence-corrected chi connectivity index (χ1v) is 9.81. The molecular weight excluding hydrogens is 393 g/mol. The van der Waals surface area contributed by atoms with Gasteiger partial charge in [-0.25, -0.2) is 0 Å². The molecule has 0 radical (unpaired) electrons. The molecule has 1 aromatic rings. The smallest absolute Gasteiger partial charge is 0.282 e. The average Bonchev–Trinajstić information content (AvgIpc) is 2.55. The maximum Gasteiger partial charge on any atom is 0.282 e. The standard InChI is InChI=1S/C16H16Cl3NO3S/c1-9(2)16(19)14(18)13(10(3)12(17)15(16)21)20-24(22,23)11-7-5-4-6-8-11/h4-9,14H,1-3H3/t14-,16-/m0/s1. The molecule has 0 aromatic heterocycles. The van der Waals surface area contributed by atoms with E-state index in [0.29, 0.717) is 0 Å². The van der Waals surface area contributed by atoms with Gasteiger partial charge >= 0.3 is 0 Å². The Kier molecular flexibility index (Phi) is 5.50. The lowest BCUT2D eigenvalue weighted by molar-refractivity contribution is -0.118. The second-order valence-corrected chi connectivity index (χ2v) is 8.86. The van der Waals surface area contributed by atoms with Crippen molar-refractivity contribution in [2.75, 3.05) is 0 Å². The SMILES string of the molecule is CC1=C(Cl)C(=O)[C@](Cl)(C(C)C)[C@@H](Cl)C1=NS(=O)(=O)c1ccccc1. The van der Waals surface area contributed by atoms with Gasteiger partial charge in [-0.05, 0) is 30.5 Å². The predicted molar refractivity (Wildman–Crippen MR) is 97.7 cm³/mol. The third-order valence-corrected chi connectivity index (χ3v) is 7.22. The lowest BCUT2D eigenvalue weighted by atomic mass is 9.79. The third-order valence-electron chi connectivity index (χ3n) is 3.97. The number of hydrogen-bond donors (Lipinski definition) is 0. The summed E-state index contributed by atoms with van der Waals surface area (Å²) in [6.45, 7) is 4.94. The number of allylic oxidation sites excluding steroid dienone is 2. The maximum atomic E-state index is 12.5. The monoisotopic (exact) mass is 407 g/mol. The lowest BCUT2D eigenvalue weighted by Gasteiger charge is -2.38. The van der Waals surface area contributed by atoms with E-state index in [1.54, 1.807) is 32.0 Å². The molecule has 2 rings (SSSR count). The summed E-state index contributed by atoms with van der Waals surface area (Å²) >= 11 is 18.9. The molecule has 0 saturated carbocycles. The molecule has 0 fully saturated rings. The highest BCUT2D eigenvalue weighted by atomic mass is 35.5. The van der Waals surface area contributed by atoms with Crippen LogP contribution < -0.4 is 0 Å². The van der Waals surface area contributed by atoms with E-state index in [4.69, 9.17) is 34.8 Å². The molecule has 0 spiro atoms. The van der Waals surface area contributed by atoms with Crippen molar-refractivity contribution in [3.05, 3.63) is 40.9 Å². The van der Waals surface area contributed by atoms with Gasteiger partial charge in [0.25, 0.3) is 10.0 Å². The molecule has 2 atom stereocenters. The predicted octanol–water partition coefficient (Wildman–Crippen LogP) is 4.15. The quantitative estimate of drug-likeness (QED) is 0.706. The molecule has 1 aromatic carbocycles. The fourth-order valence-electron chi connectivity index (χ4n) is 2.40.